The lowest BCUT2D eigenvalue weighted by molar-refractivity contribution is -0.0498. The number of alkyl halides is 2. The maximum Gasteiger partial charge on any atom is 0.387 e. The molecule has 0 amide bonds. The number of thiol groups is 2. The van der Waals surface area contributed by atoms with Crippen molar-refractivity contribution in [2.75, 3.05) is 0 Å². The molecule has 2 atom stereocenters. The molecule has 1 aromatic carbocycles. The molecular weight excluding hydrogens is 264 g/mol. The van der Waals surface area contributed by atoms with Gasteiger partial charge in [-0.2, -0.15) is 34.0 Å². The first-order valence-corrected chi connectivity index (χ1v) is 6.09. The molecular formula is C11H11F2NOS2. The van der Waals surface area contributed by atoms with Crippen molar-refractivity contribution in [3.63, 3.8) is 0 Å². The smallest absolute Gasteiger partial charge is 0.387 e. The van der Waals surface area contributed by atoms with E-state index in [1.807, 2.05) is 0 Å². The monoisotopic (exact) mass is 275 g/mol. The van der Waals surface area contributed by atoms with Crippen molar-refractivity contribution in [2.45, 2.75) is 23.5 Å². The fourth-order valence-electron chi connectivity index (χ4n) is 1.51. The van der Waals surface area contributed by atoms with Crippen molar-refractivity contribution < 1.29 is 13.5 Å². The van der Waals surface area contributed by atoms with Crippen molar-refractivity contribution in [3.05, 3.63) is 24.3 Å². The topological polar surface area (TPSA) is 21.6 Å². The van der Waals surface area contributed by atoms with E-state index in [9.17, 15) is 8.78 Å². The number of nitrogens with zero attached hydrogens (tertiary/aromatic N) is 1. The lowest BCUT2D eigenvalue weighted by atomic mass is 9.95. The van der Waals surface area contributed by atoms with Crippen LogP contribution in [-0.4, -0.2) is 22.8 Å². The third-order valence-corrected chi connectivity index (χ3v) is 3.40. The Morgan fingerprint density at radius 3 is 2.24 bits per heavy atom. The Bertz CT molecular complexity index is 412. The molecule has 92 valence electrons. The second kappa shape index (κ2) is 5.27. The summed E-state index contributed by atoms with van der Waals surface area (Å²) in [5.74, 6) is 0.127. The highest BCUT2D eigenvalue weighted by molar-refractivity contribution is 7.84. The van der Waals surface area contributed by atoms with Crippen molar-refractivity contribution >= 4 is 36.7 Å². The molecule has 1 aliphatic rings. The molecule has 1 aliphatic carbocycles. The zero-order valence-electron chi connectivity index (χ0n) is 8.75. The maximum absolute atomic E-state index is 11.9. The summed E-state index contributed by atoms with van der Waals surface area (Å²) < 4.78 is 28.1. The average molecular weight is 275 g/mol. The van der Waals surface area contributed by atoms with Gasteiger partial charge in [0.1, 0.15) is 5.75 Å². The summed E-state index contributed by atoms with van der Waals surface area (Å²) in [6, 6.07) is 6.19. The van der Waals surface area contributed by atoms with Crippen molar-refractivity contribution in [3.8, 4) is 5.75 Å². The molecule has 0 spiro atoms. The van der Waals surface area contributed by atoms with Gasteiger partial charge in [0.05, 0.1) is 5.69 Å². The number of rotatable bonds is 3. The minimum absolute atomic E-state index is 0.127. The Morgan fingerprint density at radius 2 is 1.76 bits per heavy atom. The largest absolute Gasteiger partial charge is 0.435 e. The van der Waals surface area contributed by atoms with Gasteiger partial charge in [-0.25, -0.2) is 0 Å². The number of halogens is 2. The lowest BCUT2D eigenvalue weighted by Gasteiger charge is -2.30. The second-order valence-corrected chi connectivity index (χ2v) is 4.92. The van der Waals surface area contributed by atoms with Crippen LogP contribution in [0, 0.1) is 0 Å². The van der Waals surface area contributed by atoms with Crippen LogP contribution in [0.3, 0.4) is 0 Å². The summed E-state index contributed by atoms with van der Waals surface area (Å²) in [5, 5.41) is 0.295. The standard InChI is InChI=1S/C11H11F2NOS2/c12-11(13)15-7-3-1-6(2-4-7)14-10-8(16)5-9(10)17/h1-4,8-9,11,16-17H,5H2. The molecule has 0 radical (unpaired) electrons. The van der Waals surface area contributed by atoms with Crippen molar-refractivity contribution in [1.29, 1.82) is 0 Å². The van der Waals surface area contributed by atoms with E-state index in [4.69, 9.17) is 0 Å². The lowest BCUT2D eigenvalue weighted by Crippen LogP contribution is -2.39. The Hall–Kier alpha value is -0.750. The molecule has 0 heterocycles. The van der Waals surface area contributed by atoms with Crippen molar-refractivity contribution in [2.24, 2.45) is 4.99 Å². The third-order valence-electron chi connectivity index (χ3n) is 2.45. The van der Waals surface area contributed by atoms with Gasteiger partial charge < -0.3 is 4.74 Å². The number of hydrogen-bond donors (Lipinski definition) is 2. The maximum atomic E-state index is 11.9. The Balaban J connectivity index is 2.08. The molecule has 0 N–H and O–H groups in total. The van der Waals surface area contributed by atoms with E-state index in [2.05, 4.69) is 35.0 Å². The fourth-order valence-corrected chi connectivity index (χ4v) is 2.70. The minimum atomic E-state index is -2.80. The van der Waals surface area contributed by atoms with Gasteiger partial charge in [-0.1, -0.05) is 0 Å². The quantitative estimate of drug-likeness (QED) is 0.811. The number of aliphatic imine (C=N–C) groups is 1. The Morgan fingerprint density at radius 1 is 1.18 bits per heavy atom. The number of hydrogen-bond acceptors (Lipinski definition) is 4. The summed E-state index contributed by atoms with van der Waals surface area (Å²) in [7, 11) is 0. The summed E-state index contributed by atoms with van der Waals surface area (Å²) >= 11 is 8.66. The van der Waals surface area contributed by atoms with E-state index in [1.54, 1.807) is 12.1 Å². The summed E-state index contributed by atoms with van der Waals surface area (Å²) in [4.78, 5) is 4.37. The molecule has 2 rings (SSSR count). The van der Waals surface area contributed by atoms with E-state index in [0.717, 1.165) is 12.1 Å². The molecule has 0 aliphatic heterocycles. The van der Waals surface area contributed by atoms with Gasteiger partial charge in [0, 0.05) is 16.2 Å². The first-order chi connectivity index (χ1) is 8.06. The van der Waals surface area contributed by atoms with Gasteiger partial charge in [0.15, 0.2) is 0 Å². The Kier molecular flexibility index (Phi) is 3.93. The van der Waals surface area contributed by atoms with Gasteiger partial charge in [-0.05, 0) is 30.7 Å². The van der Waals surface area contributed by atoms with Crippen LogP contribution in [0.2, 0.25) is 0 Å². The molecule has 1 fully saturated rings. The van der Waals surface area contributed by atoms with Crippen LogP contribution in [0.4, 0.5) is 14.5 Å². The van der Waals surface area contributed by atoms with Crippen LogP contribution >= 0.6 is 25.3 Å². The van der Waals surface area contributed by atoms with Gasteiger partial charge >= 0.3 is 6.61 Å². The molecule has 1 saturated carbocycles. The van der Waals surface area contributed by atoms with Gasteiger partial charge in [-0.15, -0.1) is 0 Å². The first kappa shape index (κ1) is 12.7. The van der Waals surface area contributed by atoms with Crippen LogP contribution in [-0.2, 0) is 0 Å². The predicted molar refractivity (Wildman–Crippen MR) is 70.3 cm³/mol. The molecule has 0 bridgehead atoms. The van der Waals surface area contributed by atoms with Gasteiger partial charge in [0.25, 0.3) is 0 Å². The second-order valence-electron chi connectivity index (χ2n) is 3.68. The zero-order valence-corrected chi connectivity index (χ0v) is 10.5. The average Bonchev–Trinajstić information content (AvgIpc) is 2.27. The van der Waals surface area contributed by atoms with Crippen LogP contribution in [0.5, 0.6) is 5.75 Å². The molecule has 1 aromatic rings. The zero-order chi connectivity index (χ0) is 12.4. The molecule has 0 aromatic heterocycles. The highest BCUT2D eigenvalue weighted by atomic mass is 32.1. The van der Waals surface area contributed by atoms with Crippen LogP contribution in [0.25, 0.3) is 0 Å². The summed E-state index contributed by atoms with van der Waals surface area (Å²) in [5.41, 5.74) is 1.61. The van der Waals surface area contributed by atoms with Gasteiger partial charge in [0.2, 0.25) is 0 Å². The molecule has 6 heteroatoms. The molecule has 17 heavy (non-hydrogen) atoms. The first-order valence-electron chi connectivity index (χ1n) is 5.06. The van der Waals surface area contributed by atoms with E-state index in [-0.39, 0.29) is 16.2 Å². The molecule has 0 saturated heterocycles. The van der Waals surface area contributed by atoms with E-state index >= 15 is 0 Å². The predicted octanol–water partition coefficient (Wildman–Crippen LogP) is 3.36. The van der Waals surface area contributed by atoms with Gasteiger partial charge in [-0.3, -0.25) is 4.99 Å². The number of benzene rings is 1. The van der Waals surface area contributed by atoms with E-state index in [0.29, 0.717) is 5.69 Å². The summed E-state index contributed by atoms with van der Waals surface area (Å²) in [6.07, 6.45) is 0.900. The SMILES string of the molecule is FC(F)Oc1ccc(N=C2C(S)CC2S)cc1. The minimum Gasteiger partial charge on any atom is -0.435 e. The van der Waals surface area contributed by atoms with Crippen LogP contribution in [0.1, 0.15) is 6.42 Å². The molecule has 2 unspecified atom stereocenters. The highest BCUT2D eigenvalue weighted by Gasteiger charge is 2.31. The summed E-state index contributed by atoms with van der Waals surface area (Å²) in [6.45, 7) is -2.80. The van der Waals surface area contributed by atoms with Crippen molar-refractivity contribution in [1.82, 2.24) is 0 Å². The highest BCUT2D eigenvalue weighted by Crippen LogP contribution is 2.30. The molecule has 2 nitrogen and oxygen atoms in total. The third kappa shape index (κ3) is 3.13. The van der Waals surface area contributed by atoms with E-state index < -0.39 is 6.61 Å². The Labute approximate surface area is 109 Å². The van der Waals surface area contributed by atoms with E-state index in [1.165, 1.54) is 12.1 Å². The normalized spacial score (nSPS) is 23.5. The fraction of sp³-hybridized carbons (Fsp3) is 0.364. The van der Waals surface area contributed by atoms with Crippen LogP contribution in [0.15, 0.2) is 29.3 Å². The number of ether oxygens (including phenoxy) is 1. The van der Waals surface area contributed by atoms with Crippen LogP contribution < -0.4 is 4.74 Å².